The quantitative estimate of drug-likeness (QED) is 0.669. The van der Waals surface area contributed by atoms with Crippen molar-refractivity contribution in [2.45, 2.75) is 44.5 Å². The van der Waals surface area contributed by atoms with E-state index in [1.807, 2.05) is 0 Å². The van der Waals surface area contributed by atoms with Crippen LogP contribution in [-0.2, 0) is 11.2 Å². The molecular weight excluding hydrogens is 491 g/mol. The summed E-state index contributed by atoms with van der Waals surface area (Å²) in [4.78, 5) is 30.9. The molecule has 12 heteroatoms. The zero-order valence-corrected chi connectivity index (χ0v) is 19.3. The third-order valence-electron chi connectivity index (χ3n) is 6.17. The summed E-state index contributed by atoms with van der Waals surface area (Å²) in [5.41, 5.74) is 1.85. The van der Waals surface area contributed by atoms with Gasteiger partial charge in [0.25, 0.3) is 5.91 Å². The van der Waals surface area contributed by atoms with Crippen molar-refractivity contribution in [2.24, 2.45) is 0 Å². The highest BCUT2D eigenvalue weighted by Gasteiger charge is 2.43. The van der Waals surface area contributed by atoms with Gasteiger partial charge >= 0.3 is 6.18 Å². The second-order valence-electron chi connectivity index (χ2n) is 8.74. The summed E-state index contributed by atoms with van der Waals surface area (Å²) >= 11 is 6.24. The fraction of sp³-hybridized carbons (Fsp3) is 0.435. The molecule has 8 nitrogen and oxygen atoms in total. The first-order valence-corrected chi connectivity index (χ1v) is 11.4. The minimum Gasteiger partial charge on any atom is -0.490 e. The van der Waals surface area contributed by atoms with Gasteiger partial charge in [-0.3, -0.25) is 9.59 Å². The molecule has 186 valence electrons. The van der Waals surface area contributed by atoms with E-state index in [0.29, 0.717) is 36.4 Å². The number of carbonyl (C=O) groups is 2. The molecule has 1 saturated heterocycles. The van der Waals surface area contributed by atoms with E-state index in [2.05, 4.69) is 10.3 Å². The number of ether oxygens (including phenoxy) is 3. The molecule has 1 N–H and O–H groups in total. The maximum atomic E-state index is 13.5. The van der Waals surface area contributed by atoms with E-state index in [1.165, 1.54) is 11.0 Å². The molecule has 35 heavy (non-hydrogen) atoms. The Labute approximate surface area is 203 Å². The van der Waals surface area contributed by atoms with Gasteiger partial charge in [0.2, 0.25) is 11.8 Å². The predicted octanol–water partition coefficient (Wildman–Crippen LogP) is 3.92. The standard InChI is InChI=1S/C23H21ClF3N3O5/c1-11-4-16-19(21(20(11)24)34-10-23(25,26)27)22(32)30-8-14(5-13(30)9-33-16)35-18-6-15-12(7-28-18)2-3-17(31)29-15/h4,6-7,13-14H,2-3,5,8-10H2,1H3,(H,29,31)/t13-,14+/m1/s1. The number of anilines is 1. The highest BCUT2D eigenvalue weighted by Crippen LogP contribution is 2.42. The first-order chi connectivity index (χ1) is 16.6. The van der Waals surface area contributed by atoms with Crippen molar-refractivity contribution < 1.29 is 37.0 Å². The van der Waals surface area contributed by atoms with E-state index in [4.69, 9.17) is 25.8 Å². The summed E-state index contributed by atoms with van der Waals surface area (Å²) in [5.74, 6) is -0.537. The molecule has 0 spiro atoms. The fourth-order valence-corrected chi connectivity index (χ4v) is 4.71. The number of nitrogens with one attached hydrogen (secondary N) is 1. The molecule has 0 bridgehead atoms. The molecule has 0 unspecified atom stereocenters. The molecule has 0 saturated carbocycles. The number of benzene rings is 1. The first kappa shape index (κ1) is 23.5. The predicted molar refractivity (Wildman–Crippen MR) is 118 cm³/mol. The van der Waals surface area contributed by atoms with Crippen molar-refractivity contribution in [2.75, 3.05) is 25.1 Å². The molecule has 2 atom stereocenters. The number of hydrogen-bond donors (Lipinski definition) is 1. The Bertz CT molecular complexity index is 1210. The Morgan fingerprint density at radius 1 is 1.29 bits per heavy atom. The smallest absolute Gasteiger partial charge is 0.422 e. The summed E-state index contributed by atoms with van der Waals surface area (Å²) in [6.45, 7) is 0.306. The van der Waals surface area contributed by atoms with Crippen molar-refractivity contribution in [1.82, 2.24) is 9.88 Å². The SMILES string of the molecule is Cc1cc2c(c(OCC(F)(F)F)c1Cl)C(=O)N1C[C@@H](Oc3cc4c(cn3)CCC(=O)N4)C[C@@H]1CO2. The minimum atomic E-state index is -4.61. The molecule has 3 aliphatic heterocycles. The average molecular weight is 512 g/mol. The van der Waals surface area contributed by atoms with Gasteiger partial charge in [0.1, 0.15) is 24.0 Å². The molecule has 5 rings (SSSR count). The van der Waals surface area contributed by atoms with E-state index >= 15 is 0 Å². The van der Waals surface area contributed by atoms with Crippen molar-refractivity contribution in [3.05, 3.63) is 40.0 Å². The van der Waals surface area contributed by atoms with Crippen LogP contribution in [0.3, 0.4) is 0 Å². The number of carbonyl (C=O) groups excluding carboxylic acids is 2. The number of halogens is 4. The van der Waals surface area contributed by atoms with E-state index < -0.39 is 24.8 Å². The zero-order chi connectivity index (χ0) is 24.9. The molecule has 0 aliphatic carbocycles. The number of aromatic nitrogens is 1. The lowest BCUT2D eigenvalue weighted by Crippen LogP contribution is -2.37. The maximum absolute atomic E-state index is 13.5. The van der Waals surface area contributed by atoms with Crippen LogP contribution in [-0.4, -0.2) is 59.8 Å². The second kappa shape index (κ2) is 8.78. The number of pyridine rings is 1. The molecule has 2 amide bonds. The molecule has 0 radical (unpaired) electrons. The van der Waals surface area contributed by atoms with Crippen molar-refractivity contribution in [3.63, 3.8) is 0 Å². The van der Waals surface area contributed by atoms with Gasteiger partial charge in [0.05, 0.1) is 23.3 Å². The summed E-state index contributed by atoms with van der Waals surface area (Å²) in [6.07, 6.45) is -1.97. The van der Waals surface area contributed by atoms with Gasteiger partial charge in [-0.25, -0.2) is 4.98 Å². The van der Waals surface area contributed by atoms with E-state index in [1.54, 1.807) is 19.2 Å². The number of aryl methyl sites for hydroxylation is 2. The van der Waals surface area contributed by atoms with Crippen LogP contribution in [0.2, 0.25) is 5.02 Å². The molecule has 2 aromatic rings. The Balaban J connectivity index is 1.37. The number of alkyl halides is 3. The van der Waals surface area contributed by atoms with E-state index in [-0.39, 0.29) is 47.2 Å². The largest absolute Gasteiger partial charge is 0.490 e. The third kappa shape index (κ3) is 4.69. The average Bonchev–Trinajstić information content (AvgIpc) is 3.14. The molecule has 4 heterocycles. The monoisotopic (exact) mass is 511 g/mol. The zero-order valence-electron chi connectivity index (χ0n) is 18.6. The highest BCUT2D eigenvalue weighted by molar-refractivity contribution is 6.33. The fourth-order valence-electron chi connectivity index (χ4n) is 4.51. The van der Waals surface area contributed by atoms with Crippen LogP contribution in [0, 0.1) is 6.92 Å². The number of rotatable bonds is 4. The second-order valence-corrected chi connectivity index (χ2v) is 9.12. The number of nitrogens with zero attached hydrogens (tertiary/aromatic N) is 2. The lowest BCUT2D eigenvalue weighted by Gasteiger charge is -2.22. The maximum Gasteiger partial charge on any atom is 0.422 e. The van der Waals surface area contributed by atoms with Gasteiger partial charge in [0.15, 0.2) is 12.4 Å². The Morgan fingerprint density at radius 3 is 2.86 bits per heavy atom. The van der Waals surface area contributed by atoms with Gasteiger partial charge in [-0.05, 0) is 30.5 Å². The normalized spacial score (nSPS) is 21.3. The van der Waals surface area contributed by atoms with Crippen LogP contribution in [0.4, 0.5) is 18.9 Å². The summed E-state index contributed by atoms with van der Waals surface area (Å²) in [5, 5.41) is 2.72. The van der Waals surface area contributed by atoms with E-state index in [9.17, 15) is 22.8 Å². The molecule has 1 aromatic heterocycles. The Kier molecular flexibility index (Phi) is 5.90. The third-order valence-corrected chi connectivity index (χ3v) is 6.64. The van der Waals surface area contributed by atoms with Crippen molar-refractivity contribution >= 4 is 29.1 Å². The first-order valence-electron chi connectivity index (χ1n) is 11.0. The van der Waals surface area contributed by atoms with Crippen LogP contribution in [0.15, 0.2) is 18.3 Å². The van der Waals surface area contributed by atoms with Crippen LogP contribution >= 0.6 is 11.6 Å². The Hall–Kier alpha value is -3.21. The van der Waals surface area contributed by atoms with Crippen LogP contribution in [0.1, 0.15) is 34.3 Å². The lowest BCUT2D eigenvalue weighted by molar-refractivity contribution is -0.153. The molecule has 1 fully saturated rings. The molecule has 3 aliphatic rings. The summed E-state index contributed by atoms with van der Waals surface area (Å²) < 4.78 is 55.3. The van der Waals surface area contributed by atoms with Crippen LogP contribution in [0.5, 0.6) is 17.4 Å². The van der Waals surface area contributed by atoms with Crippen LogP contribution in [0.25, 0.3) is 0 Å². The van der Waals surface area contributed by atoms with Crippen molar-refractivity contribution in [1.29, 1.82) is 0 Å². The number of hydrogen-bond acceptors (Lipinski definition) is 6. The Morgan fingerprint density at radius 2 is 2.09 bits per heavy atom. The summed E-state index contributed by atoms with van der Waals surface area (Å²) in [6, 6.07) is 2.80. The van der Waals surface area contributed by atoms with Crippen molar-refractivity contribution in [3.8, 4) is 17.4 Å². The number of amides is 2. The van der Waals surface area contributed by atoms with E-state index in [0.717, 1.165) is 5.56 Å². The van der Waals surface area contributed by atoms with Crippen LogP contribution < -0.4 is 19.5 Å². The highest BCUT2D eigenvalue weighted by atomic mass is 35.5. The molecule has 1 aromatic carbocycles. The molecular formula is C23H21ClF3N3O5. The lowest BCUT2D eigenvalue weighted by atomic mass is 10.1. The minimum absolute atomic E-state index is 0.0734. The van der Waals surface area contributed by atoms with Gasteiger partial charge in [-0.15, -0.1) is 0 Å². The topological polar surface area (TPSA) is 90.0 Å². The summed E-state index contributed by atoms with van der Waals surface area (Å²) in [7, 11) is 0. The number of fused-ring (bicyclic) bond motifs is 3. The van der Waals surface area contributed by atoms with Gasteiger partial charge in [0, 0.05) is 25.1 Å². The van der Waals surface area contributed by atoms with Gasteiger partial charge in [-0.2, -0.15) is 13.2 Å². The van der Waals surface area contributed by atoms with Gasteiger partial charge in [-0.1, -0.05) is 11.6 Å². The van der Waals surface area contributed by atoms with Gasteiger partial charge < -0.3 is 24.4 Å².